The molecule has 7 nitrogen and oxygen atoms in total. The first-order valence-electron chi connectivity index (χ1n) is 9.09. The zero-order valence-electron chi connectivity index (χ0n) is 15.9. The van der Waals surface area contributed by atoms with Crippen molar-refractivity contribution in [1.82, 2.24) is 9.78 Å². The monoisotopic (exact) mass is 382 g/mol. The average Bonchev–Trinajstić information content (AvgIpc) is 2.73. The number of carbonyl (C=O) groups is 1. The van der Waals surface area contributed by atoms with Crippen LogP contribution < -0.4 is 15.0 Å². The number of benzene rings is 2. The van der Waals surface area contributed by atoms with Crippen LogP contribution in [0.1, 0.15) is 23.8 Å². The molecule has 0 saturated heterocycles. The third kappa shape index (κ3) is 4.49. The van der Waals surface area contributed by atoms with Gasteiger partial charge in [0.15, 0.2) is 5.69 Å². The number of aromatic nitrogens is 2. The lowest BCUT2D eigenvalue weighted by molar-refractivity contribution is 0.0443. The average molecular weight is 382 g/mol. The van der Waals surface area contributed by atoms with Crippen LogP contribution in [0.4, 0.5) is 0 Å². The molecule has 1 aromatic heterocycles. The third-order valence-electron chi connectivity index (χ3n) is 4.03. The Bertz CT molecular complexity index is 1010. The number of fused-ring (bicyclic) bond motifs is 1. The second kappa shape index (κ2) is 9.03. The van der Waals surface area contributed by atoms with Gasteiger partial charge in [0.2, 0.25) is 0 Å². The third-order valence-corrected chi connectivity index (χ3v) is 4.03. The fraction of sp³-hybridized carbons (Fsp3) is 0.286. The minimum Gasteiger partial charge on any atom is -0.494 e. The van der Waals surface area contributed by atoms with Crippen LogP contribution in [0.15, 0.2) is 53.3 Å². The number of hydrogen-bond donors (Lipinski definition) is 0. The van der Waals surface area contributed by atoms with Gasteiger partial charge in [0.25, 0.3) is 5.56 Å². The first-order chi connectivity index (χ1) is 13.6. The molecule has 2 aromatic carbocycles. The number of rotatable bonds is 8. The van der Waals surface area contributed by atoms with E-state index in [1.165, 1.54) is 7.05 Å². The van der Waals surface area contributed by atoms with E-state index in [9.17, 15) is 9.59 Å². The van der Waals surface area contributed by atoms with E-state index in [0.717, 1.165) is 16.9 Å². The molecule has 0 radical (unpaired) electrons. The minimum absolute atomic E-state index is 0.0613. The zero-order chi connectivity index (χ0) is 19.9. The molecule has 0 fully saturated rings. The van der Waals surface area contributed by atoms with Crippen molar-refractivity contribution in [3.8, 4) is 11.5 Å². The molecule has 28 heavy (non-hydrogen) atoms. The van der Waals surface area contributed by atoms with E-state index < -0.39 is 5.97 Å². The van der Waals surface area contributed by atoms with Gasteiger partial charge in [-0.3, -0.25) is 4.79 Å². The summed E-state index contributed by atoms with van der Waals surface area (Å²) in [6.45, 7) is 2.98. The molecule has 0 aliphatic heterocycles. The predicted molar refractivity (Wildman–Crippen MR) is 105 cm³/mol. The standard InChI is InChI=1S/C21H22N2O5/c1-3-12-26-15-8-10-16(11-9-15)27-13-14-28-21(25)19-17-6-4-5-7-18(17)20(24)23(2)22-19/h4-11H,3,12-14H2,1-2H3. The summed E-state index contributed by atoms with van der Waals surface area (Å²) in [5.74, 6) is 0.845. The van der Waals surface area contributed by atoms with E-state index in [1.54, 1.807) is 36.4 Å². The van der Waals surface area contributed by atoms with Gasteiger partial charge < -0.3 is 14.2 Å². The van der Waals surface area contributed by atoms with Gasteiger partial charge in [-0.05, 0) is 36.8 Å². The number of aryl methyl sites for hydroxylation is 1. The Morgan fingerprint density at radius 1 is 0.929 bits per heavy atom. The van der Waals surface area contributed by atoms with Crippen molar-refractivity contribution in [2.75, 3.05) is 19.8 Å². The maximum Gasteiger partial charge on any atom is 0.359 e. The number of hydrogen-bond acceptors (Lipinski definition) is 6. The van der Waals surface area contributed by atoms with Crippen LogP contribution in [0.3, 0.4) is 0 Å². The lowest BCUT2D eigenvalue weighted by Crippen LogP contribution is -2.24. The van der Waals surface area contributed by atoms with E-state index in [1.807, 2.05) is 19.1 Å². The van der Waals surface area contributed by atoms with Gasteiger partial charge >= 0.3 is 5.97 Å². The van der Waals surface area contributed by atoms with Gasteiger partial charge in [-0.25, -0.2) is 9.48 Å². The first-order valence-corrected chi connectivity index (χ1v) is 9.09. The molecular formula is C21H22N2O5. The molecule has 1 heterocycles. The molecular weight excluding hydrogens is 360 g/mol. The maximum atomic E-state index is 12.4. The van der Waals surface area contributed by atoms with Crippen molar-refractivity contribution in [2.24, 2.45) is 7.05 Å². The summed E-state index contributed by atoms with van der Waals surface area (Å²) >= 11 is 0. The van der Waals surface area contributed by atoms with Crippen LogP contribution in [-0.4, -0.2) is 35.6 Å². The fourth-order valence-corrected chi connectivity index (χ4v) is 2.66. The van der Waals surface area contributed by atoms with E-state index in [-0.39, 0.29) is 24.5 Å². The largest absolute Gasteiger partial charge is 0.494 e. The van der Waals surface area contributed by atoms with Crippen LogP contribution in [-0.2, 0) is 11.8 Å². The lowest BCUT2D eigenvalue weighted by atomic mass is 10.1. The quantitative estimate of drug-likeness (QED) is 0.440. The second-order valence-electron chi connectivity index (χ2n) is 6.13. The van der Waals surface area contributed by atoms with E-state index in [0.29, 0.717) is 23.1 Å². The zero-order valence-corrected chi connectivity index (χ0v) is 15.9. The highest BCUT2D eigenvalue weighted by Gasteiger charge is 2.16. The summed E-state index contributed by atoms with van der Waals surface area (Å²) in [6, 6.07) is 14.1. The molecule has 0 spiro atoms. The smallest absolute Gasteiger partial charge is 0.359 e. The molecule has 3 aromatic rings. The van der Waals surface area contributed by atoms with Crippen LogP contribution >= 0.6 is 0 Å². The summed E-state index contributed by atoms with van der Waals surface area (Å²) < 4.78 is 17.5. The highest BCUT2D eigenvalue weighted by Crippen LogP contribution is 2.18. The summed E-state index contributed by atoms with van der Waals surface area (Å²) in [4.78, 5) is 24.5. The van der Waals surface area contributed by atoms with Gasteiger partial charge in [-0.1, -0.05) is 25.1 Å². The SMILES string of the molecule is CCCOc1ccc(OCCOC(=O)c2nn(C)c(=O)c3ccccc23)cc1. The Balaban J connectivity index is 1.57. The van der Waals surface area contributed by atoms with Crippen molar-refractivity contribution in [1.29, 1.82) is 0 Å². The minimum atomic E-state index is -0.598. The second-order valence-corrected chi connectivity index (χ2v) is 6.13. The van der Waals surface area contributed by atoms with Gasteiger partial charge in [-0.2, -0.15) is 5.10 Å². The summed E-state index contributed by atoms with van der Waals surface area (Å²) in [5.41, 5.74) is -0.156. The van der Waals surface area contributed by atoms with Crippen LogP contribution in [0.5, 0.6) is 11.5 Å². The number of ether oxygens (including phenoxy) is 3. The van der Waals surface area contributed by atoms with Crippen LogP contribution in [0, 0.1) is 0 Å². The molecule has 3 rings (SSSR count). The molecule has 0 amide bonds. The van der Waals surface area contributed by atoms with Crippen molar-refractivity contribution in [2.45, 2.75) is 13.3 Å². The normalized spacial score (nSPS) is 10.6. The lowest BCUT2D eigenvalue weighted by Gasteiger charge is -2.10. The molecule has 0 saturated carbocycles. The van der Waals surface area contributed by atoms with Crippen molar-refractivity contribution >= 4 is 16.7 Å². The molecule has 0 unspecified atom stereocenters. The molecule has 0 aliphatic rings. The topological polar surface area (TPSA) is 79.7 Å². The van der Waals surface area contributed by atoms with Crippen molar-refractivity contribution < 1.29 is 19.0 Å². The van der Waals surface area contributed by atoms with E-state index in [4.69, 9.17) is 14.2 Å². The molecule has 0 atom stereocenters. The van der Waals surface area contributed by atoms with Crippen LogP contribution in [0.2, 0.25) is 0 Å². The number of nitrogens with zero attached hydrogens (tertiary/aromatic N) is 2. The molecule has 0 N–H and O–H groups in total. The van der Waals surface area contributed by atoms with Crippen molar-refractivity contribution in [3.05, 3.63) is 64.6 Å². The fourth-order valence-electron chi connectivity index (χ4n) is 2.66. The first kappa shape index (κ1) is 19.4. The molecule has 0 bridgehead atoms. The Morgan fingerprint density at radius 3 is 2.18 bits per heavy atom. The number of esters is 1. The van der Waals surface area contributed by atoms with Crippen molar-refractivity contribution in [3.63, 3.8) is 0 Å². The Labute approximate surface area is 162 Å². The summed E-state index contributed by atoms with van der Waals surface area (Å²) in [7, 11) is 1.50. The summed E-state index contributed by atoms with van der Waals surface area (Å²) in [5, 5.41) is 4.94. The van der Waals surface area contributed by atoms with Gasteiger partial charge in [0.1, 0.15) is 24.7 Å². The highest BCUT2D eigenvalue weighted by molar-refractivity contribution is 6.02. The van der Waals surface area contributed by atoms with Gasteiger partial charge in [0, 0.05) is 12.4 Å². The highest BCUT2D eigenvalue weighted by atomic mass is 16.6. The Kier molecular flexibility index (Phi) is 6.26. The van der Waals surface area contributed by atoms with E-state index >= 15 is 0 Å². The molecule has 7 heteroatoms. The maximum absolute atomic E-state index is 12.4. The number of carbonyl (C=O) groups excluding carboxylic acids is 1. The molecule has 146 valence electrons. The molecule has 0 aliphatic carbocycles. The predicted octanol–water partition coefficient (Wildman–Crippen LogP) is 2.96. The Morgan fingerprint density at radius 2 is 1.54 bits per heavy atom. The van der Waals surface area contributed by atoms with E-state index in [2.05, 4.69) is 5.10 Å². The summed E-state index contributed by atoms with van der Waals surface area (Å²) in [6.07, 6.45) is 0.948. The van der Waals surface area contributed by atoms with Gasteiger partial charge in [-0.15, -0.1) is 0 Å². The Hall–Kier alpha value is -3.35. The van der Waals surface area contributed by atoms with Gasteiger partial charge in [0.05, 0.1) is 12.0 Å². The van der Waals surface area contributed by atoms with Crippen LogP contribution in [0.25, 0.3) is 10.8 Å².